The topological polar surface area (TPSA) is 21.6 Å². The van der Waals surface area contributed by atoms with Gasteiger partial charge in [-0.15, -0.1) is 0 Å². The molecule has 26 heavy (non-hydrogen) atoms. The summed E-state index contributed by atoms with van der Waals surface area (Å²) in [7, 11) is 0. The van der Waals surface area contributed by atoms with Crippen LogP contribution in [0.2, 0.25) is 20.1 Å². The van der Waals surface area contributed by atoms with Gasteiger partial charge >= 0.3 is 0 Å². The smallest absolute Gasteiger partial charge is 0.0846 e. The Balaban J connectivity index is 2.13. The zero-order chi connectivity index (χ0) is 18.9. The minimum atomic E-state index is -0.193. The molecule has 2 nitrogen and oxygen atoms in total. The number of nitrogens with zero attached hydrogens (tertiary/aromatic N) is 1. The molecule has 0 aliphatic rings. The minimum absolute atomic E-state index is 0.193. The van der Waals surface area contributed by atoms with Crippen molar-refractivity contribution in [2.24, 2.45) is 4.99 Å². The predicted molar refractivity (Wildman–Crippen MR) is 113 cm³/mol. The standard InChI is InChI=1S/C20H19Cl4NO/c1-2-25-10-4-3-5-20(17-9-8-16(22)12-19(17)24)26-13-14-6-7-15(21)11-18(14)23/h2,4,6-12,20H,3,5,13H2,1H3/b10-4-,25-2?. The van der Waals surface area contributed by atoms with Gasteiger partial charge in [0, 0.05) is 32.5 Å². The summed E-state index contributed by atoms with van der Waals surface area (Å²) in [5, 5.41) is 2.35. The molecule has 2 rings (SSSR count). The number of halogens is 4. The second-order valence-corrected chi connectivity index (χ2v) is 7.26. The Morgan fingerprint density at radius 1 is 1.00 bits per heavy atom. The second kappa shape index (κ2) is 11.0. The quantitative estimate of drug-likeness (QED) is 0.389. The van der Waals surface area contributed by atoms with Gasteiger partial charge in [0.25, 0.3) is 0 Å². The second-order valence-electron chi connectivity index (χ2n) is 5.57. The highest BCUT2D eigenvalue weighted by Crippen LogP contribution is 2.33. The molecule has 0 fully saturated rings. The highest BCUT2D eigenvalue weighted by atomic mass is 35.5. The fraction of sp³-hybridized carbons (Fsp3) is 0.250. The first-order valence-electron chi connectivity index (χ1n) is 8.14. The van der Waals surface area contributed by atoms with Crippen LogP contribution in [0.25, 0.3) is 0 Å². The van der Waals surface area contributed by atoms with Crippen LogP contribution >= 0.6 is 46.4 Å². The molecule has 2 aromatic carbocycles. The van der Waals surface area contributed by atoms with Gasteiger partial charge in [0.05, 0.1) is 12.7 Å². The third kappa shape index (κ3) is 6.61. The number of rotatable bonds is 8. The van der Waals surface area contributed by atoms with E-state index in [2.05, 4.69) is 4.99 Å². The molecule has 0 radical (unpaired) electrons. The molecule has 0 N–H and O–H groups in total. The first-order valence-corrected chi connectivity index (χ1v) is 9.65. The molecule has 6 heteroatoms. The Morgan fingerprint density at radius 3 is 2.35 bits per heavy atom. The number of ether oxygens (including phenoxy) is 1. The van der Waals surface area contributed by atoms with Crippen molar-refractivity contribution >= 4 is 52.6 Å². The number of aliphatic imine (C=N–C) groups is 1. The van der Waals surface area contributed by atoms with Crippen LogP contribution in [-0.4, -0.2) is 6.21 Å². The fourth-order valence-corrected chi connectivity index (χ4v) is 3.38. The molecular weight excluding hydrogens is 412 g/mol. The molecule has 0 aliphatic carbocycles. The van der Waals surface area contributed by atoms with Crippen LogP contribution in [0, 0.1) is 0 Å². The lowest BCUT2D eigenvalue weighted by Gasteiger charge is -2.20. The molecular formula is C20H19Cl4NO. The lowest BCUT2D eigenvalue weighted by molar-refractivity contribution is 0.0346. The molecule has 0 aliphatic heterocycles. The Hall–Kier alpha value is -1.03. The summed E-state index contributed by atoms with van der Waals surface area (Å²) in [5.41, 5.74) is 1.77. The van der Waals surface area contributed by atoms with Gasteiger partial charge in [-0.2, -0.15) is 0 Å². The van der Waals surface area contributed by atoms with Crippen LogP contribution in [0.5, 0.6) is 0 Å². The van der Waals surface area contributed by atoms with Crippen molar-refractivity contribution in [2.45, 2.75) is 32.5 Å². The van der Waals surface area contributed by atoms with E-state index in [-0.39, 0.29) is 6.10 Å². The molecule has 138 valence electrons. The van der Waals surface area contributed by atoms with Crippen molar-refractivity contribution in [3.05, 3.63) is 79.9 Å². The fourth-order valence-electron chi connectivity index (χ4n) is 2.39. The summed E-state index contributed by atoms with van der Waals surface area (Å²) in [5.74, 6) is 0. The van der Waals surface area contributed by atoms with Gasteiger partial charge in [0.2, 0.25) is 0 Å². The Bertz CT molecular complexity index is 789. The number of benzene rings is 2. The van der Waals surface area contributed by atoms with Gasteiger partial charge in [-0.3, -0.25) is 4.99 Å². The largest absolute Gasteiger partial charge is 0.369 e. The van der Waals surface area contributed by atoms with E-state index in [0.29, 0.717) is 26.7 Å². The van der Waals surface area contributed by atoms with E-state index < -0.39 is 0 Å². The van der Waals surface area contributed by atoms with Gasteiger partial charge < -0.3 is 4.74 Å². The number of hydrogen-bond donors (Lipinski definition) is 0. The van der Waals surface area contributed by atoms with Gasteiger partial charge in [0.15, 0.2) is 0 Å². The lowest BCUT2D eigenvalue weighted by Crippen LogP contribution is -2.06. The van der Waals surface area contributed by atoms with Crippen LogP contribution in [-0.2, 0) is 11.3 Å². The van der Waals surface area contributed by atoms with E-state index in [0.717, 1.165) is 24.0 Å². The maximum absolute atomic E-state index is 6.37. The molecule has 0 aromatic heterocycles. The molecule has 1 atom stereocenters. The zero-order valence-corrected chi connectivity index (χ0v) is 17.3. The van der Waals surface area contributed by atoms with E-state index in [1.807, 2.05) is 31.2 Å². The number of hydrogen-bond acceptors (Lipinski definition) is 2. The average Bonchev–Trinajstić information content (AvgIpc) is 2.59. The van der Waals surface area contributed by atoms with Crippen molar-refractivity contribution in [3.8, 4) is 0 Å². The van der Waals surface area contributed by atoms with Crippen LogP contribution < -0.4 is 0 Å². The van der Waals surface area contributed by atoms with E-state index in [9.17, 15) is 0 Å². The van der Waals surface area contributed by atoms with Crippen LogP contribution in [0.15, 0.2) is 53.7 Å². The maximum atomic E-state index is 6.37. The highest BCUT2D eigenvalue weighted by Gasteiger charge is 2.16. The summed E-state index contributed by atoms with van der Waals surface area (Å²) in [4.78, 5) is 4.06. The van der Waals surface area contributed by atoms with Gasteiger partial charge in [0.1, 0.15) is 0 Å². The first-order chi connectivity index (χ1) is 12.5. The molecule has 0 saturated heterocycles. The molecule has 2 aromatic rings. The van der Waals surface area contributed by atoms with Crippen molar-refractivity contribution in [2.75, 3.05) is 0 Å². The van der Waals surface area contributed by atoms with Crippen molar-refractivity contribution < 1.29 is 4.74 Å². The lowest BCUT2D eigenvalue weighted by atomic mass is 10.0. The minimum Gasteiger partial charge on any atom is -0.369 e. The first kappa shape index (κ1) is 21.3. The van der Waals surface area contributed by atoms with E-state index in [4.69, 9.17) is 51.1 Å². The summed E-state index contributed by atoms with van der Waals surface area (Å²) in [6.45, 7) is 2.23. The molecule has 1 unspecified atom stereocenters. The zero-order valence-electron chi connectivity index (χ0n) is 14.3. The molecule has 0 saturated carbocycles. The van der Waals surface area contributed by atoms with Crippen LogP contribution in [0.3, 0.4) is 0 Å². The van der Waals surface area contributed by atoms with Crippen molar-refractivity contribution in [3.63, 3.8) is 0 Å². The Morgan fingerprint density at radius 2 is 1.69 bits per heavy atom. The Kier molecular flexibility index (Phi) is 8.97. The maximum Gasteiger partial charge on any atom is 0.0846 e. The molecule has 0 amide bonds. The van der Waals surface area contributed by atoms with E-state index >= 15 is 0 Å². The summed E-state index contributed by atoms with van der Waals surface area (Å²) < 4.78 is 6.13. The third-order valence-electron chi connectivity index (χ3n) is 3.70. The van der Waals surface area contributed by atoms with Crippen LogP contribution in [0.4, 0.5) is 0 Å². The average molecular weight is 431 g/mol. The van der Waals surface area contributed by atoms with E-state index in [1.165, 1.54) is 0 Å². The molecule has 0 heterocycles. The summed E-state index contributed by atoms with van der Waals surface area (Å²) in [6, 6.07) is 10.8. The van der Waals surface area contributed by atoms with Crippen molar-refractivity contribution in [1.29, 1.82) is 0 Å². The predicted octanol–water partition coefficient (Wildman–Crippen LogP) is 7.94. The summed E-state index contributed by atoms with van der Waals surface area (Å²) >= 11 is 24.6. The molecule has 0 spiro atoms. The van der Waals surface area contributed by atoms with Gasteiger partial charge in [-0.1, -0.05) is 64.6 Å². The third-order valence-corrected chi connectivity index (χ3v) is 4.85. The highest BCUT2D eigenvalue weighted by molar-refractivity contribution is 6.35. The van der Waals surface area contributed by atoms with Gasteiger partial charge in [-0.25, -0.2) is 0 Å². The monoisotopic (exact) mass is 429 g/mol. The Labute approximate surface area is 174 Å². The van der Waals surface area contributed by atoms with E-state index in [1.54, 1.807) is 30.6 Å². The molecule has 0 bridgehead atoms. The SMILES string of the molecule is CC=N/C=C\CCC(OCc1ccc(Cl)cc1Cl)c1ccc(Cl)cc1Cl. The van der Waals surface area contributed by atoms with Crippen molar-refractivity contribution in [1.82, 2.24) is 0 Å². The normalized spacial score (nSPS) is 13.0. The van der Waals surface area contributed by atoms with Gasteiger partial charge in [-0.05, 0) is 55.2 Å². The number of allylic oxidation sites excluding steroid dienone is 1. The summed E-state index contributed by atoms with van der Waals surface area (Å²) in [6.07, 6.45) is 6.87. The van der Waals surface area contributed by atoms with Crippen LogP contribution in [0.1, 0.15) is 37.0 Å².